The van der Waals surface area contributed by atoms with E-state index in [9.17, 15) is 0 Å². The van der Waals surface area contributed by atoms with Gasteiger partial charge in [-0.25, -0.2) is 0 Å². The van der Waals surface area contributed by atoms with E-state index in [1.54, 1.807) is 0 Å². The average molecular weight is 293 g/mol. The molecule has 0 spiro atoms. The van der Waals surface area contributed by atoms with Gasteiger partial charge in [-0.05, 0) is 18.7 Å². The predicted octanol–water partition coefficient (Wildman–Crippen LogP) is 1.34. The van der Waals surface area contributed by atoms with Crippen LogP contribution in [-0.2, 0) is 0 Å². The summed E-state index contributed by atoms with van der Waals surface area (Å²) in [6.45, 7) is 9.52. The van der Waals surface area contributed by atoms with E-state index in [1.165, 1.54) is 0 Å². The van der Waals surface area contributed by atoms with Gasteiger partial charge in [-0.3, -0.25) is 4.90 Å². The van der Waals surface area contributed by atoms with Crippen molar-refractivity contribution in [3.63, 3.8) is 0 Å². The van der Waals surface area contributed by atoms with Crippen LogP contribution in [0, 0.1) is 0 Å². The van der Waals surface area contributed by atoms with Gasteiger partial charge in [-0.1, -0.05) is 31.3 Å². The number of ether oxygens (including phenoxy) is 1. The summed E-state index contributed by atoms with van der Waals surface area (Å²) in [6.07, 6.45) is 0. The lowest BCUT2D eigenvalue weighted by Crippen LogP contribution is -2.47. The van der Waals surface area contributed by atoms with Crippen LogP contribution in [0.25, 0.3) is 0 Å². The summed E-state index contributed by atoms with van der Waals surface area (Å²) in [7, 11) is 0. The Kier molecular flexibility index (Phi) is 5.76. The molecule has 1 aromatic carbocycles. The topological polar surface area (TPSA) is 41.7 Å². The number of hydrogen-bond acceptors (Lipinski definition) is 4. The molecule has 1 heterocycles. The van der Waals surface area contributed by atoms with Gasteiger partial charge in [0.1, 0.15) is 17.3 Å². The molecule has 2 N–H and O–H groups in total. The Morgan fingerprint density at radius 3 is 2.50 bits per heavy atom. The fraction of sp³-hybridized carbons (Fsp3) is 0.533. The molecular weight excluding hydrogens is 270 g/mol. The summed E-state index contributed by atoms with van der Waals surface area (Å²) in [5, 5.41) is 0. The number of piperazine rings is 1. The van der Waals surface area contributed by atoms with E-state index in [1.807, 2.05) is 24.3 Å². The molecule has 110 valence electrons. The predicted molar refractivity (Wildman–Crippen MR) is 86.4 cm³/mol. The normalized spacial score (nSPS) is 17.1. The quantitative estimate of drug-likeness (QED) is 0.802. The van der Waals surface area contributed by atoms with Crippen molar-refractivity contribution in [2.75, 3.05) is 45.9 Å². The zero-order valence-corrected chi connectivity index (χ0v) is 12.9. The molecule has 5 heteroatoms. The molecule has 1 fully saturated rings. The third-order valence-corrected chi connectivity index (χ3v) is 3.95. The number of thiocarbonyl (C=S) groups is 1. The molecule has 2 rings (SSSR count). The van der Waals surface area contributed by atoms with Crippen LogP contribution in [0.15, 0.2) is 24.3 Å². The SMILES string of the molecule is CCN1CCN(CCOc2ccccc2C(N)=S)CC1. The molecule has 4 nitrogen and oxygen atoms in total. The molecule has 0 amide bonds. The zero-order chi connectivity index (χ0) is 14.4. The molecule has 1 aromatic rings. The Balaban J connectivity index is 1.78. The first kappa shape index (κ1) is 15.2. The van der Waals surface area contributed by atoms with E-state index < -0.39 is 0 Å². The van der Waals surface area contributed by atoms with Crippen LogP contribution in [0.1, 0.15) is 12.5 Å². The van der Waals surface area contributed by atoms with Gasteiger partial charge in [0.15, 0.2) is 0 Å². The van der Waals surface area contributed by atoms with Crippen LogP contribution in [0.3, 0.4) is 0 Å². The van der Waals surface area contributed by atoms with Gasteiger partial charge in [-0.15, -0.1) is 0 Å². The van der Waals surface area contributed by atoms with Crippen LogP contribution in [0.2, 0.25) is 0 Å². The van der Waals surface area contributed by atoms with Crippen molar-refractivity contribution in [1.82, 2.24) is 9.80 Å². The number of rotatable bonds is 6. The highest BCUT2D eigenvalue weighted by molar-refractivity contribution is 7.80. The minimum atomic E-state index is 0.386. The molecule has 0 unspecified atom stereocenters. The summed E-state index contributed by atoms with van der Waals surface area (Å²) in [6, 6.07) is 7.68. The van der Waals surface area contributed by atoms with E-state index in [-0.39, 0.29) is 0 Å². The van der Waals surface area contributed by atoms with Crippen molar-refractivity contribution in [1.29, 1.82) is 0 Å². The second kappa shape index (κ2) is 7.57. The highest BCUT2D eigenvalue weighted by Crippen LogP contribution is 2.17. The number of nitrogens with two attached hydrogens (primary N) is 1. The Morgan fingerprint density at radius 1 is 1.20 bits per heavy atom. The van der Waals surface area contributed by atoms with E-state index in [0.717, 1.165) is 50.6 Å². The molecule has 0 aromatic heterocycles. The van der Waals surface area contributed by atoms with Gasteiger partial charge in [0.25, 0.3) is 0 Å². The largest absolute Gasteiger partial charge is 0.492 e. The van der Waals surface area contributed by atoms with E-state index in [4.69, 9.17) is 22.7 Å². The van der Waals surface area contributed by atoms with Gasteiger partial charge in [0.2, 0.25) is 0 Å². The summed E-state index contributed by atoms with van der Waals surface area (Å²) in [5.41, 5.74) is 6.51. The fourth-order valence-electron chi connectivity index (χ4n) is 2.41. The number of hydrogen-bond donors (Lipinski definition) is 1. The molecule has 0 aliphatic carbocycles. The standard InChI is InChI=1S/C15H23N3OS/c1-2-17-7-9-18(10-8-17)11-12-19-14-6-4-3-5-13(14)15(16)20/h3-6H,2,7-12H2,1H3,(H2,16,20). The molecule has 0 saturated carbocycles. The van der Waals surface area contributed by atoms with Gasteiger partial charge < -0.3 is 15.4 Å². The minimum absolute atomic E-state index is 0.386. The number of likely N-dealkylation sites (N-methyl/N-ethyl adjacent to an activating group) is 1. The van der Waals surface area contributed by atoms with Gasteiger partial charge in [-0.2, -0.15) is 0 Å². The number of benzene rings is 1. The van der Waals surface area contributed by atoms with E-state index in [2.05, 4.69) is 16.7 Å². The first-order valence-corrected chi connectivity index (χ1v) is 7.58. The van der Waals surface area contributed by atoms with Crippen molar-refractivity contribution in [3.05, 3.63) is 29.8 Å². The second-order valence-corrected chi connectivity index (χ2v) is 5.42. The van der Waals surface area contributed by atoms with Gasteiger partial charge in [0.05, 0.1) is 5.56 Å². The molecular formula is C15H23N3OS. The third kappa shape index (κ3) is 4.16. The average Bonchev–Trinajstić information content (AvgIpc) is 2.48. The Bertz CT molecular complexity index is 444. The lowest BCUT2D eigenvalue weighted by molar-refractivity contribution is 0.121. The lowest BCUT2D eigenvalue weighted by atomic mass is 10.2. The molecule has 0 bridgehead atoms. The molecule has 1 saturated heterocycles. The molecule has 0 radical (unpaired) electrons. The summed E-state index contributed by atoms with van der Waals surface area (Å²) in [5.74, 6) is 0.784. The van der Waals surface area contributed by atoms with Crippen LogP contribution >= 0.6 is 12.2 Å². The van der Waals surface area contributed by atoms with Crippen molar-refractivity contribution < 1.29 is 4.74 Å². The maximum atomic E-state index is 5.83. The highest BCUT2D eigenvalue weighted by atomic mass is 32.1. The maximum Gasteiger partial charge on any atom is 0.129 e. The van der Waals surface area contributed by atoms with Crippen molar-refractivity contribution >= 4 is 17.2 Å². The van der Waals surface area contributed by atoms with E-state index in [0.29, 0.717) is 11.6 Å². The number of para-hydroxylation sites is 1. The Morgan fingerprint density at radius 2 is 1.85 bits per heavy atom. The highest BCUT2D eigenvalue weighted by Gasteiger charge is 2.15. The molecule has 1 aliphatic heterocycles. The fourth-order valence-corrected chi connectivity index (χ4v) is 2.58. The summed E-state index contributed by atoms with van der Waals surface area (Å²) >= 11 is 5.03. The van der Waals surface area contributed by atoms with E-state index >= 15 is 0 Å². The van der Waals surface area contributed by atoms with Gasteiger partial charge in [0, 0.05) is 32.7 Å². The van der Waals surface area contributed by atoms with Crippen LogP contribution in [0.4, 0.5) is 0 Å². The molecule has 1 aliphatic rings. The molecule has 0 atom stereocenters. The summed E-state index contributed by atoms with van der Waals surface area (Å²) < 4.78 is 5.83. The first-order chi connectivity index (χ1) is 9.70. The van der Waals surface area contributed by atoms with Crippen molar-refractivity contribution in [2.24, 2.45) is 5.73 Å². The number of nitrogens with zero attached hydrogens (tertiary/aromatic N) is 2. The monoisotopic (exact) mass is 293 g/mol. The third-order valence-electron chi connectivity index (χ3n) is 3.73. The van der Waals surface area contributed by atoms with Crippen LogP contribution in [0.5, 0.6) is 5.75 Å². The maximum absolute atomic E-state index is 5.83. The van der Waals surface area contributed by atoms with Gasteiger partial charge >= 0.3 is 0 Å². The molecule has 20 heavy (non-hydrogen) atoms. The van der Waals surface area contributed by atoms with Crippen molar-refractivity contribution in [2.45, 2.75) is 6.92 Å². The Hall–Kier alpha value is -1.17. The van der Waals surface area contributed by atoms with Crippen LogP contribution < -0.4 is 10.5 Å². The second-order valence-electron chi connectivity index (χ2n) is 4.98. The Labute approximate surface area is 126 Å². The van der Waals surface area contributed by atoms with Crippen LogP contribution in [-0.4, -0.2) is 60.7 Å². The lowest BCUT2D eigenvalue weighted by Gasteiger charge is -2.33. The first-order valence-electron chi connectivity index (χ1n) is 7.17. The minimum Gasteiger partial charge on any atom is -0.492 e. The summed E-state index contributed by atoms with van der Waals surface area (Å²) in [4.78, 5) is 5.30. The zero-order valence-electron chi connectivity index (χ0n) is 12.0. The smallest absolute Gasteiger partial charge is 0.129 e. The van der Waals surface area contributed by atoms with Crippen molar-refractivity contribution in [3.8, 4) is 5.75 Å².